The van der Waals surface area contributed by atoms with Crippen LogP contribution < -0.4 is 11.1 Å². The van der Waals surface area contributed by atoms with Crippen LogP contribution in [0.2, 0.25) is 0 Å². The van der Waals surface area contributed by atoms with E-state index in [1.165, 1.54) is 13.1 Å². The number of halogens is 2. The molecule has 0 bridgehead atoms. The summed E-state index contributed by atoms with van der Waals surface area (Å²) in [6, 6.07) is 6.11. The lowest BCUT2D eigenvalue weighted by atomic mass is 9.84. The Morgan fingerprint density at radius 1 is 1.26 bits per heavy atom. The minimum Gasteiger partial charge on any atom is -0.390 e. The summed E-state index contributed by atoms with van der Waals surface area (Å²) in [7, 11) is 0. The van der Waals surface area contributed by atoms with E-state index in [0.29, 0.717) is 11.3 Å². The highest BCUT2D eigenvalue weighted by atomic mass is 19.1. The van der Waals surface area contributed by atoms with Crippen molar-refractivity contribution in [2.75, 3.05) is 0 Å². The fourth-order valence-corrected chi connectivity index (χ4v) is 2.70. The monoisotopic (exact) mass is 377 g/mol. The van der Waals surface area contributed by atoms with Gasteiger partial charge in [0, 0.05) is 23.7 Å². The number of pyridine rings is 1. The van der Waals surface area contributed by atoms with E-state index in [-0.39, 0.29) is 17.9 Å². The molecule has 1 heterocycles. The Kier molecular flexibility index (Phi) is 5.97. The van der Waals surface area contributed by atoms with E-state index < -0.39 is 28.8 Å². The lowest BCUT2D eigenvalue weighted by molar-refractivity contribution is 0.0872. The fraction of sp³-hybridized carbons (Fsp3) is 0.400. The molecule has 1 aromatic heterocycles. The van der Waals surface area contributed by atoms with Crippen LogP contribution in [0.5, 0.6) is 0 Å². The van der Waals surface area contributed by atoms with E-state index in [4.69, 9.17) is 5.73 Å². The number of nitrogens with two attached hydrogens (primary N) is 1. The zero-order chi connectivity index (χ0) is 20.4. The first-order chi connectivity index (χ1) is 12.4. The van der Waals surface area contributed by atoms with Gasteiger partial charge in [0.1, 0.15) is 11.6 Å². The number of benzene rings is 1. The van der Waals surface area contributed by atoms with E-state index in [0.717, 1.165) is 18.2 Å². The molecule has 4 N–H and O–H groups in total. The SMILES string of the molecule is CC(C)(C)NC(=O)c1cccnc1C[C@H](O)[C@](C)(N)c1cc(F)ccc1F. The summed E-state index contributed by atoms with van der Waals surface area (Å²) in [5.41, 5.74) is 4.58. The molecule has 0 radical (unpaired) electrons. The predicted molar refractivity (Wildman–Crippen MR) is 99.1 cm³/mol. The predicted octanol–water partition coefficient (Wildman–Crippen LogP) is 2.67. The number of amides is 1. The van der Waals surface area contributed by atoms with E-state index >= 15 is 0 Å². The van der Waals surface area contributed by atoms with Gasteiger partial charge in [-0.3, -0.25) is 9.78 Å². The van der Waals surface area contributed by atoms with Crippen LogP contribution in [0, 0.1) is 11.6 Å². The highest BCUT2D eigenvalue weighted by molar-refractivity contribution is 5.95. The topological polar surface area (TPSA) is 88.2 Å². The van der Waals surface area contributed by atoms with Crippen LogP contribution in [-0.2, 0) is 12.0 Å². The fourth-order valence-electron chi connectivity index (χ4n) is 2.70. The van der Waals surface area contributed by atoms with Crippen LogP contribution in [-0.4, -0.2) is 27.6 Å². The van der Waals surface area contributed by atoms with Gasteiger partial charge < -0.3 is 16.2 Å². The molecule has 2 rings (SSSR count). The highest BCUT2D eigenvalue weighted by Gasteiger charge is 2.34. The number of hydrogen-bond donors (Lipinski definition) is 3. The standard InChI is InChI=1S/C20H25F2N3O2/c1-19(2,3)25-18(27)13-6-5-9-24-16(13)11-17(26)20(4,23)14-10-12(21)7-8-15(14)22/h5-10,17,26H,11,23H2,1-4H3,(H,25,27)/t17-,20+/m0/s1. The summed E-state index contributed by atoms with van der Waals surface area (Å²) < 4.78 is 27.6. The van der Waals surface area contributed by atoms with Crippen molar-refractivity contribution in [3.63, 3.8) is 0 Å². The Labute approximate surface area is 157 Å². The number of carbonyl (C=O) groups is 1. The number of nitrogens with zero attached hydrogens (tertiary/aromatic N) is 1. The van der Waals surface area contributed by atoms with Crippen molar-refractivity contribution >= 4 is 5.91 Å². The number of nitrogens with one attached hydrogen (secondary N) is 1. The third kappa shape index (κ3) is 5.08. The van der Waals surface area contributed by atoms with Gasteiger partial charge in [-0.25, -0.2) is 8.78 Å². The van der Waals surface area contributed by atoms with E-state index in [1.54, 1.807) is 12.1 Å². The summed E-state index contributed by atoms with van der Waals surface area (Å²) in [6.45, 7) is 6.95. The molecule has 1 aromatic carbocycles. The maximum atomic E-state index is 14.1. The highest BCUT2D eigenvalue weighted by Crippen LogP contribution is 2.27. The van der Waals surface area contributed by atoms with Crippen molar-refractivity contribution in [1.29, 1.82) is 0 Å². The van der Waals surface area contributed by atoms with Gasteiger partial charge in [-0.05, 0) is 58.0 Å². The average molecular weight is 377 g/mol. The number of aliphatic hydroxyl groups excluding tert-OH is 1. The second-order valence-electron chi connectivity index (χ2n) is 7.83. The van der Waals surface area contributed by atoms with Gasteiger partial charge in [0.2, 0.25) is 0 Å². The van der Waals surface area contributed by atoms with Gasteiger partial charge in [-0.2, -0.15) is 0 Å². The minimum atomic E-state index is -1.58. The van der Waals surface area contributed by atoms with Crippen molar-refractivity contribution < 1.29 is 18.7 Å². The van der Waals surface area contributed by atoms with Crippen LogP contribution >= 0.6 is 0 Å². The van der Waals surface area contributed by atoms with E-state index in [1.807, 2.05) is 20.8 Å². The normalized spacial score (nSPS) is 15.1. The first-order valence-corrected chi connectivity index (χ1v) is 8.60. The maximum Gasteiger partial charge on any atom is 0.253 e. The minimum absolute atomic E-state index is 0.101. The Morgan fingerprint density at radius 3 is 2.56 bits per heavy atom. The quantitative estimate of drug-likeness (QED) is 0.747. The van der Waals surface area contributed by atoms with Crippen molar-refractivity contribution in [1.82, 2.24) is 10.3 Å². The Morgan fingerprint density at radius 2 is 1.93 bits per heavy atom. The van der Waals surface area contributed by atoms with Gasteiger partial charge in [0.05, 0.1) is 22.9 Å². The number of carbonyl (C=O) groups excluding carboxylic acids is 1. The molecule has 27 heavy (non-hydrogen) atoms. The molecule has 0 saturated heterocycles. The molecule has 0 unspecified atom stereocenters. The van der Waals surface area contributed by atoms with Gasteiger partial charge in [0.15, 0.2) is 0 Å². The van der Waals surface area contributed by atoms with Gasteiger partial charge in [-0.15, -0.1) is 0 Å². The molecule has 2 atom stereocenters. The van der Waals surface area contributed by atoms with Crippen molar-refractivity contribution in [2.45, 2.75) is 51.3 Å². The molecule has 0 fully saturated rings. The molecule has 5 nitrogen and oxygen atoms in total. The van der Waals surface area contributed by atoms with E-state index in [2.05, 4.69) is 10.3 Å². The van der Waals surface area contributed by atoms with Gasteiger partial charge in [-0.1, -0.05) is 0 Å². The number of rotatable bonds is 5. The molecule has 0 saturated carbocycles. The van der Waals surface area contributed by atoms with Crippen LogP contribution in [0.4, 0.5) is 8.78 Å². The summed E-state index contributed by atoms with van der Waals surface area (Å²) in [6.07, 6.45) is 0.0911. The van der Waals surface area contributed by atoms with Gasteiger partial charge >= 0.3 is 0 Å². The maximum absolute atomic E-state index is 14.1. The molecule has 0 aliphatic heterocycles. The smallest absolute Gasteiger partial charge is 0.253 e. The van der Waals surface area contributed by atoms with Gasteiger partial charge in [0.25, 0.3) is 5.91 Å². The summed E-state index contributed by atoms with van der Waals surface area (Å²) in [5.74, 6) is -1.71. The summed E-state index contributed by atoms with van der Waals surface area (Å²) in [5, 5.41) is 13.5. The third-order valence-corrected chi connectivity index (χ3v) is 4.21. The zero-order valence-electron chi connectivity index (χ0n) is 15.9. The summed E-state index contributed by atoms with van der Waals surface area (Å²) in [4.78, 5) is 16.7. The second kappa shape index (κ2) is 7.70. The number of aliphatic hydroxyl groups is 1. The van der Waals surface area contributed by atoms with Crippen LogP contribution in [0.15, 0.2) is 36.5 Å². The molecule has 0 aliphatic carbocycles. The van der Waals surface area contributed by atoms with Crippen molar-refractivity contribution in [2.24, 2.45) is 5.73 Å². The van der Waals surface area contributed by atoms with Crippen molar-refractivity contribution in [3.8, 4) is 0 Å². The van der Waals surface area contributed by atoms with E-state index in [9.17, 15) is 18.7 Å². The molecule has 2 aromatic rings. The zero-order valence-corrected chi connectivity index (χ0v) is 15.9. The molecule has 0 aliphatic rings. The molecule has 0 spiro atoms. The van der Waals surface area contributed by atoms with Crippen LogP contribution in [0.3, 0.4) is 0 Å². The average Bonchev–Trinajstić information content (AvgIpc) is 2.55. The second-order valence-corrected chi connectivity index (χ2v) is 7.83. The molecule has 146 valence electrons. The molecule has 7 heteroatoms. The van der Waals surface area contributed by atoms with Crippen LogP contribution in [0.1, 0.15) is 49.3 Å². The largest absolute Gasteiger partial charge is 0.390 e. The molecule has 1 amide bonds. The number of hydrogen-bond acceptors (Lipinski definition) is 4. The van der Waals surface area contributed by atoms with Crippen LogP contribution in [0.25, 0.3) is 0 Å². The Balaban J connectivity index is 2.31. The first kappa shape index (κ1) is 20.9. The first-order valence-electron chi connectivity index (χ1n) is 8.60. The lowest BCUT2D eigenvalue weighted by Crippen LogP contribution is -2.47. The molecular weight excluding hydrogens is 352 g/mol. The molecular formula is C20H25F2N3O2. The van der Waals surface area contributed by atoms with Crippen molar-refractivity contribution in [3.05, 3.63) is 65.0 Å². The lowest BCUT2D eigenvalue weighted by Gasteiger charge is -2.31. The number of aromatic nitrogens is 1. The summed E-state index contributed by atoms with van der Waals surface area (Å²) >= 11 is 0. The Hall–Kier alpha value is -2.38. The Bertz CT molecular complexity index is 832. The third-order valence-electron chi connectivity index (χ3n) is 4.21.